The second-order valence-corrected chi connectivity index (χ2v) is 31.3. The normalized spacial score (nSPS) is 13.2. The van der Waals surface area contributed by atoms with Gasteiger partial charge in [-0.1, -0.05) is 349 Å². The van der Waals surface area contributed by atoms with Crippen LogP contribution in [0.2, 0.25) is 0 Å². The number of carbonyl (C=O) groups is 4. The Hall–Kier alpha value is -2.50. The van der Waals surface area contributed by atoms with Gasteiger partial charge in [-0.05, 0) is 77.0 Å². The van der Waals surface area contributed by atoms with Crippen LogP contribution in [0.25, 0.3) is 0 Å². The molecule has 620 valence electrons. The Kier molecular flexibility index (Phi) is 89.3. The lowest BCUT2D eigenvalue weighted by Gasteiger charge is -2.25. The maximum absolute atomic E-state index is 12.5. The van der Waals surface area contributed by atoms with E-state index < -0.39 is 64.9 Å². The molecule has 20 heteroatoms. The highest BCUT2D eigenvalue weighted by molar-refractivity contribution is 7.46. The predicted octanol–water partition coefficient (Wildman–Crippen LogP) is 23.0. The quantitative estimate of drug-likeness (QED) is 0.0188. The molecule has 104 heavy (non-hydrogen) atoms. The summed E-state index contributed by atoms with van der Waals surface area (Å²) in [5.74, 6) is -1.71. The monoisotopic (exact) mass is 1520 g/mol. The Morgan fingerprint density at radius 2 is 0.529 bits per heavy atom. The van der Waals surface area contributed by atoms with Crippen molar-refractivity contribution in [3.63, 3.8) is 0 Å². The molecule has 0 amide bonds. The molecule has 0 aromatic rings. The number of hydrogen-bond acceptors (Lipinski definition) is 17. The van der Waals surface area contributed by atoms with Crippen molar-refractivity contribution in [2.75, 3.05) is 52.7 Å². The van der Waals surface area contributed by atoms with Gasteiger partial charge in [-0.25, -0.2) is 0 Å². The van der Waals surface area contributed by atoms with Crippen molar-refractivity contribution >= 4 is 39.5 Å². The number of allylic oxidation sites excluding steroid dienone is 4. The molecule has 0 bridgehead atoms. The molecular formula is C84H167N2O16P2-. The van der Waals surface area contributed by atoms with Gasteiger partial charge in [0.25, 0.3) is 15.6 Å². The minimum Gasteiger partial charge on any atom is -0.756 e. The van der Waals surface area contributed by atoms with Crippen molar-refractivity contribution in [2.45, 2.75) is 440 Å². The third-order valence-corrected chi connectivity index (χ3v) is 20.2. The van der Waals surface area contributed by atoms with Crippen LogP contribution in [-0.4, -0.2) is 88.8 Å². The second kappa shape index (κ2) is 86.1. The summed E-state index contributed by atoms with van der Waals surface area (Å²) in [5.41, 5.74) is 8.86. The number of nitrogens with two attached hydrogens (primary N) is 1. The zero-order valence-electron chi connectivity index (χ0n) is 66.3. The van der Waals surface area contributed by atoms with Gasteiger partial charge in [0.15, 0.2) is 12.2 Å². The van der Waals surface area contributed by atoms with Crippen molar-refractivity contribution in [1.82, 2.24) is 0 Å². The van der Waals surface area contributed by atoms with E-state index in [-0.39, 0.29) is 80.1 Å². The van der Waals surface area contributed by atoms with Crippen LogP contribution < -0.4 is 21.3 Å². The molecule has 0 fully saturated rings. The standard InChI is InChI=1S/C41H82NO8P.C41H78NO8P.2CH4/c2*1-3-5-7-9-11-13-15-17-19-21-23-25-27-29-31-33-40(43)47-37-39(38-49-51(45,46)48-36-35-42)50-41(44)34-32-30-28-26-24-22-20-18-16-14-12-10-8-6-4-2;;/h39H,3-38,42H2,1-2H3,(H,45,46);17-20,39H,3-16,21-38,42H2,1-2H3,(H,45,46);2*1H4/p-1/b;19-17-,20-18-;;/t2*39-;;/m11../s1. The van der Waals surface area contributed by atoms with Crippen molar-refractivity contribution in [1.29, 1.82) is 0 Å². The molecule has 0 aromatic heterocycles. The largest absolute Gasteiger partial charge is 0.756 e. The van der Waals surface area contributed by atoms with Crippen LogP contribution in [0.5, 0.6) is 0 Å². The molecule has 0 heterocycles. The van der Waals surface area contributed by atoms with E-state index in [0.717, 1.165) is 103 Å². The van der Waals surface area contributed by atoms with Gasteiger partial charge < -0.3 is 58.3 Å². The first-order valence-electron chi connectivity index (χ1n) is 42.4. The van der Waals surface area contributed by atoms with Gasteiger partial charge in [-0.3, -0.25) is 28.3 Å². The van der Waals surface area contributed by atoms with Gasteiger partial charge in [-0.2, -0.15) is 0 Å². The van der Waals surface area contributed by atoms with Crippen LogP contribution in [-0.2, 0) is 65.4 Å². The number of esters is 4. The molecule has 5 N–H and O–H groups in total. The van der Waals surface area contributed by atoms with E-state index in [1.54, 1.807) is 0 Å². The number of quaternary nitrogens is 1. The zero-order chi connectivity index (χ0) is 75.0. The third kappa shape index (κ3) is 86.7. The third-order valence-electron chi connectivity index (χ3n) is 18.3. The van der Waals surface area contributed by atoms with E-state index >= 15 is 0 Å². The summed E-state index contributed by atoms with van der Waals surface area (Å²) < 4.78 is 64.8. The Bertz CT molecular complexity index is 1980. The minimum atomic E-state index is -4.62. The molecule has 0 spiro atoms. The molecule has 4 atom stereocenters. The summed E-state index contributed by atoms with van der Waals surface area (Å²) >= 11 is 0. The fourth-order valence-corrected chi connectivity index (χ4v) is 13.5. The number of hydrogen-bond donors (Lipinski definition) is 2. The first-order chi connectivity index (χ1) is 49.7. The minimum absolute atomic E-state index is 0. The first-order valence-corrected chi connectivity index (χ1v) is 45.3. The Balaban J connectivity index is -0.000000943. The fraction of sp³-hybridized carbons (Fsp3) is 0.905. The first kappa shape index (κ1) is 108. The molecule has 0 saturated carbocycles. The Morgan fingerprint density at radius 1 is 0.317 bits per heavy atom. The summed E-state index contributed by atoms with van der Waals surface area (Å²) in [5, 5.41) is 0. The van der Waals surface area contributed by atoms with E-state index in [1.807, 2.05) is 0 Å². The van der Waals surface area contributed by atoms with E-state index in [2.05, 4.69) is 62.3 Å². The number of rotatable bonds is 80. The van der Waals surface area contributed by atoms with Gasteiger partial charge in [0, 0.05) is 32.2 Å². The van der Waals surface area contributed by atoms with Crippen LogP contribution in [0.3, 0.4) is 0 Å². The summed E-state index contributed by atoms with van der Waals surface area (Å²) in [6.45, 7) is 7.48. The molecule has 0 aromatic carbocycles. The average molecular weight is 1520 g/mol. The summed E-state index contributed by atoms with van der Waals surface area (Å²) in [6, 6.07) is 0. The summed E-state index contributed by atoms with van der Waals surface area (Å²) in [4.78, 5) is 73.8. The number of phosphoric acid groups is 2. The van der Waals surface area contributed by atoms with Gasteiger partial charge in [0.05, 0.1) is 26.4 Å². The van der Waals surface area contributed by atoms with Crippen molar-refractivity contribution in [3.8, 4) is 0 Å². The van der Waals surface area contributed by atoms with Crippen LogP contribution in [0.15, 0.2) is 24.3 Å². The van der Waals surface area contributed by atoms with E-state index in [4.69, 9.17) is 38.3 Å². The van der Waals surface area contributed by atoms with Gasteiger partial charge in [-0.15, -0.1) is 0 Å². The highest BCUT2D eigenvalue weighted by Crippen LogP contribution is 2.39. The maximum Gasteiger partial charge on any atom is 0.306 e. The number of phosphoric ester groups is 2. The van der Waals surface area contributed by atoms with Crippen molar-refractivity contribution < 1.29 is 80.9 Å². The maximum atomic E-state index is 12.5. The van der Waals surface area contributed by atoms with Gasteiger partial charge in [0.2, 0.25) is 0 Å². The molecule has 0 saturated heterocycles. The smallest absolute Gasteiger partial charge is 0.306 e. The molecule has 0 aliphatic rings. The van der Waals surface area contributed by atoms with Gasteiger partial charge in [0.1, 0.15) is 19.8 Å². The molecule has 2 unspecified atom stereocenters. The van der Waals surface area contributed by atoms with E-state index in [9.17, 15) is 38.1 Å². The lowest BCUT2D eigenvalue weighted by atomic mass is 10.0. The molecule has 0 aliphatic carbocycles. The van der Waals surface area contributed by atoms with Crippen LogP contribution >= 0.6 is 15.6 Å². The number of carbonyl (C=O) groups excluding carboxylic acids is 4. The van der Waals surface area contributed by atoms with Crippen LogP contribution in [0.1, 0.15) is 428 Å². The number of unbranched alkanes of at least 4 members (excludes halogenated alkanes) is 50. The van der Waals surface area contributed by atoms with Crippen molar-refractivity contribution in [3.05, 3.63) is 24.3 Å². The zero-order valence-corrected chi connectivity index (χ0v) is 68.0. The van der Waals surface area contributed by atoms with E-state index in [0.29, 0.717) is 12.8 Å². The highest BCUT2D eigenvalue weighted by atomic mass is 31.2. The molecular weight excluding hydrogens is 1350 g/mol. The molecule has 0 radical (unpaired) electrons. The predicted molar refractivity (Wildman–Crippen MR) is 429 cm³/mol. The van der Waals surface area contributed by atoms with Crippen molar-refractivity contribution in [2.24, 2.45) is 5.73 Å². The van der Waals surface area contributed by atoms with Crippen LogP contribution in [0.4, 0.5) is 0 Å². The molecule has 0 aliphatic heterocycles. The Morgan fingerprint density at radius 3 is 0.760 bits per heavy atom. The lowest BCUT2D eigenvalue weighted by molar-refractivity contribution is -0.373. The molecule has 0 rings (SSSR count). The van der Waals surface area contributed by atoms with Gasteiger partial charge >= 0.3 is 23.9 Å². The van der Waals surface area contributed by atoms with E-state index in [1.165, 1.54) is 244 Å². The molecule has 18 nitrogen and oxygen atoms in total. The average Bonchev–Trinajstić information content (AvgIpc) is 0.928. The number of ether oxygens (including phenoxy) is 4. The fourth-order valence-electron chi connectivity index (χ4n) is 12.0. The van der Waals surface area contributed by atoms with Crippen LogP contribution in [0, 0.1) is 0 Å². The highest BCUT2D eigenvalue weighted by Gasteiger charge is 2.23. The second-order valence-electron chi connectivity index (χ2n) is 28.5. The lowest BCUT2D eigenvalue weighted by Crippen LogP contribution is -2.52. The Labute approximate surface area is 640 Å². The summed E-state index contributed by atoms with van der Waals surface area (Å²) in [6.07, 6.45) is 75.8. The summed E-state index contributed by atoms with van der Waals surface area (Å²) in [7, 11) is -9.20. The topological polar surface area (TPSA) is 276 Å². The SMILES string of the molecule is C.C.CCCCCCCC/C=C\CCCCCCCC(=O)OC[C@H](COP(=O)([O-])OCC[NH3+])OC(=O)CCCCCCC/C=C\CCCCCCCC.CCCCCCCCCCCCCCCCCC(=O)OC[C@H](COP(=O)([O-])OCCN)OC(=O)CCCCCCCCCCCCCCCCC.